The topological polar surface area (TPSA) is 65.4 Å². The Morgan fingerprint density at radius 3 is 2.59 bits per heavy atom. The number of benzene rings is 3. The zero-order chi connectivity index (χ0) is 22.2. The monoisotopic (exact) mass is 429 g/mol. The standard InChI is InChI=1S/C26H27N3O3/c1-31-21-11-7-12-22(19-21)32-18-8-17-29-24-14-6-5-13-23(24)28-25(29)15-16-27-26(30)20-9-3-2-4-10-20/h2-7,9-14,19H,8,15-18H2,1H3,(H,27,30). The third kappa shape index (κ3) is 5.27. The van der Waals surface area contributed by atoms with E-state index in [9.17, 15) is 4.79 Å². The van der Waals surface area contributed by atoms with Gasteiger partial charge in [-0.25, -0.2) is 4.98 Å². The van der Waals surface area contributed by atoms with Crippen LogP contribution in [0.15, 0.2) is 78.9 Å². The van der Waals surface area contributed by atoms with Crippen molar-refractivity contribution < 1.29 is 14.3 Å². The Morgan fingerprint density at radius 1 is 0.969 bits per heavy atom. The summed E-state index contributed by atoms with van der Waals surface area (Å²) >= 11 is 0. The molecule has 3 aromatic carbocycles. The van der Waals surface area contributed by atoms with Gasteiger partial charge in [0.15, 0.2) is 0 Å². The Hall–Kier alpha value is -3.80. The fourth-order valence-electron chi connectivity index (χ4n) is 3.65. The van der Waals surface area contributed by atoms with Crippen molar-refractivity contribution in [2.24, 2.45) is 0 Å². The molecular weight excluding hydrogens is 402 g/mol. The first-order valence-corrected chi connectivity index (χ1v) is 10.8. The van der Waals surface area contributed by atoms with Crippen LogP contribution in [0.2, 0.25) is 0 Å². The molecular formula is C26H27N3O3. The molecule has 0 aliphatic rings. The van der Waals surface area contributed by atoms with E-state index in [1.807, 2.05) is 72.8 Å². The summed E-state index contributed by atoms with van der Waals surface area (Å²) in [5, 5.41) is 2.99. The van der Waals surface area contributed by atoms with E-state index in [0.717, 1.165) is 41.3 Å². The lowest BCUT2D eigenvalue weighted by molar-refractivity contribution is 0.0954. The van der Waals surface area contributed by atoms with Crippen LogP contribution in [0.25, 0.3) is 11.0 Å². The van der Waals surface area contributed by atoms with Gasteiger partial charge < -0.3 is 19.4 Å². The molecule has 4 rings (SSSR count). The number of methoxy groups -OCH3 is 1. The summed E-state index contributed by atoms with van der Waals surface area (Å²) in [6.45, 7) is 1.90. The second-order valence-corrected chi connectivity index (χ2v) is 7.42. The van der Waals surface area contributed by atoms with Crippen LogP contribution in [-0.2, 0) is 13.0 Å². The van der Waals surface area contributed by atoms with Crippen LogP contribution >= 0.6 is 0 Å². The van der Waals surface area contributed by atoms with Crippen LogP contribution in [0.1, 0.15) is 22.6 Å². The van der Waals surface area contributed by atoms with Gasteiger partial charge in [0, 0.05) is 31.1 Å². The van der Waals surface area contributed by atoms with Gasteiger partial charge in [0.05, 0.1) is 24.8 Å². The number of aryl methyl sites for hydroxylation is 1. The second kappa shape index (κ2) is 10.5. The van der Waals surface area contributed by atoms with E-state index in [-0.39, 0.29) is 5.91 Å². The van der Waals surface area contributed by atoms with Gasteiger partial charge >= 0.3 is 0 Å². The number of imidazole rings is 1. The first-order valence-electron chi connectivity index (χ1n) is 10.8. The normalized spacial score (nSPS) is 10.8. The van der Waals surface area contributed by atoms with E-state index in [2.05, 4.69) is 16.0 Å². The summed E-state index contributed by atoms with van der Waals surface area (Å²) in [4.78, 5) is 17.1. The highest BCUT2D eigenvalue weighted by molar-refractivity contribution is 5.94. The van der Waals surface area contributed by atoms with Crippen LogP contribution in [0.5, 0.6) is 11.5 Å². The molecule has 0 bridgehead atoms. The molecule has 0 aliphatic carbocycles. The fourth-order valence-corrected chi connectivity index (χ4v) is 3.65. The van der Waals surface area contributed by atoms with Crippen molar-refractivity contribution in [2.45, 2.75) is 19.4 Å². The third-order valence-electron chi connectivity index (χ3n) is 5.24. The summed E-state index contributed by atoms with van der Waals surface area (Å²) in [6.07, 6.45) is 1.49. The number of carbonyl (C=O) groups is 1. The van der Waals surface area contributed by atoms with Crippen LogP contribution in [0.3, 0.4) is 0 Å². The van der Waals surface area contributed by atoms with E-state index in [1.54, 1.807) is 7.11 Å². The first-order chi connectivity index (χ1) is 15.7. The number of aromatic nitrogens is 2. The summed E-state index contributed by atoms with van der Waals surface area (Å²) in [5.41, 5.74) is 2.72. The molecule has 0 unspecified atom stereocenters. The largest absolute Gasteiger partial charge is 0.497 e. The molecule has 164 valence electrons. The minimum atomic E-state index is -0.0695. The van der Waals surface area contributed by atoms with E-state index >= 15 is 0 Å². The quantitative estimate of drug-likeness (QED) is 0.377. The van der Waals surface area contributed by atoms with Gasteiger partial charge in [0.2, 0.25) is 0 Å². The van der Waals surface area contributed by atoms with Gasteiger partial charge in [0.25, 0.3) is 5.91 Å². The van der Waals surface area contributed by atoms with E-state index < -0.39 is 0 Å². The van der Waals surface area contributed by atoms with Gasteiger partial charge in [-0.15, -0.1) is 0 Å². The lowest BCUT2D eigenvalue weighted by Gasteiger charge is -2.11. The molecule has 6 heteroatoms. The Morgan fingerprint density at radius 2 is 1.75 bits per heavy atom. The molecule has 32 heavy (non-hydrogen) atoms. The predicted molar refractivity (Wildman–Crippen MR) is 125 cm³/mol. The molecule has 6 nitrogen and oxygen atoms in total. The number of hydrogen-bond acceptors (Lipinski definition) is 4. The summed E-state index contributed by atoms with van der Waals surface area (Å²) < 4.78 is 13.4. The number of carbonyl (C=O) groups excluding carboxylic acids is 1. The van der Waals surface area contributed by atoms with Crippen LogP contribution in [0.4, 0.5) is 0 Å². The van der Waals surface area contributed by atoms with Gasteiger partial charge in [-0.2, -0.15) is 0 Å². The number of nitrogens with zero attached hydrogens (tertiary/aromatic N) is 2. The zero-order valence-electron chi connectivity index (χ0n) is 18.2. The molecule has 0 atom stereocenters. The zero-order valence-corrected chi connectivity index (χ0v) is 18.2. The molecule has 0 aliphatic heterocycles. The molecule has 1 amide bonds. The lowest BCUT2D eigenvalue weighted by Crippen LogP contribution is -2.26. The minimum Gasteiger partial charge on any atom is -0.497 e. The maximum absolute atomic E-state index is 12.3. The Balaban J connectivity index is 1.37. The molecule has 1 aromatic heterocycles. The first kappa shape index (κ1) is 21.4. The molecule has 0 fully saturated rings. The Bertz CT molecular complexity index is 1170. The van der Waals surface area contributed by atoms with Crippen molar-refractivity contribution in [1.82, 2.24) is 14.9 Å². The number of nitrogens with one attached hydrogen (secondary N) is 1. The van der Waals surface area contributed by atoms with Crippen molar-refractivity contribution in [2.75, 3.05) is 20.3 Å². The number of rotatable bonds is 10. The fraction of sp³-hybridized carbons (Fsp3) is 0.231. The highest BCUT2D eigenvalue weighted by Crippen LogP contribution is 2.20. The molecule has 1 N–H and O–H groups in total. The average Bonchev–Trinajstić information content (AvgIpc) is 3.19. The second-order valence-electron chi connectivity index (χ2n) is 7.42. The average molecular weight is 430 g/mol. The maximum atomic E-state index is 12.3. The van der Waals surface area contributed by atoms with E-state index in [1.165, 1.54) is 0 Å². The van der Waals surface area contributed by atoms with Crippen molar-refractivity contribution in [1.29, 1.82) is 0 Å². The van der Waals surface area contributed by atoms with Crippen molar-refractivity contribution in [3.05, 3.63) is 90.3 Å². The van der Waals surface area contributed by atoms with E-state index in [0.29, 0.717) is 25.1 Å². The Kier molecular flexibility index (Phi) is 7.02. The summed E-state index contributed by atoms with van der Waals surface area (Å²) in [7, 11) is 1.65. The number of hydrogen-bond donors (Lipinski definition) is 1. The molecule has 1 heterocycles. The molecule has 0 saturated carbocycles. The van der Waals surface area contributed by atoms with Crippen molar-refractivity contribution in [3.63, 3.8) is 0 Å². The SMILES string of the molecule is COc1cccc(OCCCn2c(CCNC(=O)c3ccccc3)nc3ccccc32)c1. The minimum absolute atomic E-state index is 0.0695. The third-order valence-corrected chi connectivity index (χ3v) is 5.24. The highest BCUT2D eigenvalue weighted by Gasteiger charge is 2.11. The number of para-hydroxylation sites is 2. The summed E-state index contributed by atoms with van der Waals surface area (Å²) in [5.74, 6) is 2.47. The van der Waals surface area contributed by atoms with Crippen molar-refractivity contribution in [3.8, 4) is 11.5 Å². The predicted octanol–water partition coefficient (Wildman–Crippen LogP) is 4.49. The lowest BCUT2D eigenvalue weighted by atomic mass is 10.2. The molecule has 0 saturated heterocycles. The maximum Gasteiger partial charge on any atom is 0.251 e. The highest BCUT2D eigenvalue weighted by atomic mass is 16.5. The van der Waals surface area contributed by atoms with Gasteiger partial charge in [-0.05, 0) is 42.8 Å². The van der Waals surface area contributed by atoms with Crippen molar-refractivity contribution >= 4 is 16.9 Å². The van der Waals surface area contributed by atoms with Gasteiger partial charge in [-0.3, -0.25) is 4.79 Å². The molecule has 0 spiro atoms. The van der Waals surface area contributed by atoms with Gasteiger partial charge in [0.1, 0.15) is 17.3 Å². The Labute approximate surface area is 187 Å². The van der Waals surface area contributed by atoms with Gasteiger partial charge in [-0.1, -0.05) is 36.4 Å². The number of amides is 1. The number of fused-ring (bicyclic) bond motifs is 1. The van der Waals surface area contributed by atoms with E-state index in [4.69, 9.17) is 14.5 Å². The molecule has 0 radical (unpaired) electrons. The van der Waals surface area contributed by atoms with Crippen LogP contribution in [0, 0.1) is 0 Å². The smallest absolute Gasteiger partial charge is 0.251 e. The van der Waals surface area contributed by atoms with Crippen LogP contribution < -0.4 is 14.8 Å². The number of ether oxygens (including phenoxy) is 2. The summed E-state index contributed by atoms with van der Waals surface area (Å²) in [6, 6.07) is 25.0. The van der Waals surface area contributed by atoms with Crippen LogP contribution in [-0.4, -0.2) is 35.7 Å². The molecule has 4 aromatic rings.